The van der Waals surface area contributed by atoms with Gasteiger partial charge >= 0.3 is 0 Å². The quantitative estimate of drug-likeness (QED) is 0.449. The molecular formula is C23H38O2. The van der Waals surface area contributed by atoms with Gasteiger partial charge in [-0.3, -0.25) is 0 Å². The molecule has 142 valence electrons. The van der Waals surface area contributed by atoms with E-state index in [2.05, 4.69) is 78.8 Å². The Balaban J connectivity index is 2.50. The van der Waals surface area contributed by atoms with Crippen LogP contribution in [0, 0.1) is 0 Å². The first kappa shape index (κ1) is 21.8. The molecule has 0 spiro atoms. The number of rotatable bonds is 9. The van der Waals surface area contributed by atoms with E-state index < -0.39 is 0 Å². The second-order valence-electron chi connectivity index (χ2n) is 8.78. The van der Waals surface area contributed by atoms with Crippen LogP contribution in [0.4, 0.5) is 0 Å². The van der Waals surface area contributed by atoms with Crippen LogP contribution in [0.3, 0.4) is 0 Å². The second kappa shape index (κ2) is 9.43. The lowest BCUT2D eigenvalue weighted by molar-refractivity contribution is -0.116. The molecule has 0 aliphatic heterocycles. The van der Waals surface area contributed by atoms with Crippen LogP contribution in [0.15, 0.2) is 24.3 Å². The molecule has 0 aliphatic rings. The summed E-state index contributed by atoms with van der Waals surface area (Å²) in [6.07, 6.45) is 8.99. The van der Waals surface area contributed by atoms with Gasteiger partial charge in [0.05, 0.1) is 18.3 Å². The maximum atomic E-state index is 6.13. The minimum Gasteiger partial charge on any atom is -0.496 e. The summed E-state index contributed by atoms with van der Waals surface area (Å²) in [7, 11) is 1.74. The number of hydrogen-bond donors (Lipinski definition) is 0. The van der Waals surface area contributed by atoms with Gasteiger partial charge in [-0.2, -0.15) is 0 Å². The molecular weight excluding hydrogens is 308 g/mol. The van der Waals surface area contributed by atoms with Gasteiger partial charge in [0.15, 0.2) is 0 Å². The molecule has 0 amide bonds. The zero-order chi connectivity index (χ0) is 19.1. The van der Waals surface area contributed by atoms with Crippen molar-refractivity contribution in [3.63, 3.8) is 0 Å². The summed E-state index contributed by atoms with van der Waals surface area (Å²) >= 11 is 0. The average molecular weight is 347 g/mol. The highest BCUT2D eigenvalue weighted by Gasteiger charge is 2.24. The van der Waals surface area contributed by atoms with Crippen molar-refractivity contribution in [2.45, 2.75) is 91.3 Å². The monoisotopic (exact) mass is 346 g/mol. The molecule has 0 radical (unpaired) electrons. The summed E-state index contributed by atoms with van der Waals surface area (Å²) in [4.78, 5) is 0. The van der Waals surface area contributed by atoms with E-state index in [1.165, 1.54) is 24.0 Å². The van der Waals surface area contributed by atoms with Crippen LogP contribution in [0.1, 0.15) is 91.2 Å². The third-order valence-corrected chi connectivity index (χ3v) is 4.20. The molecule has 2 heteroatoms. The van der Waals surface area contributed by atoms with Crippen LogP contribution in [-0.2, 0) is 4.74 Å². The fourth-order valence-corrected chi connectivity index (χ4v) is 3.15. The Kier molecular flexibility index (Phi) is 8.21. The molecule has 1 aromatic rings. The number of hydrogen-bond acceptors (Lipinski definition) is 2. The Hall–Kier alpha value is -1.28. The van der Waals surface area contributed by atoms with Crippen molar-refractivity contribution in [2.75, 3.05) is 7.11 Å². The van der Waals surface area contributed by atoms with Crippen LogP contribution in [-0.4, -0.2) is 18.3 Å². The van der Waals surface area contributed by atoms with Crippen molar-refractivity contribution in [1.82, 2.24) is 0 Å². The lowest BCUT2D eigenvalue weighted by atomic mass is 9.98. The Labute approximate surface area is 155 Å². The molecule has 0 aliphatic carbocycles. The van der Waals surface area contributed by atoms with E-state index in [4.69, 9.17) is 9.47 Å². The Morgan fingerprint density at radius 2 is 1.72 bits per heavy atom. The molecule has 2 nitrogen and oxygen atoms in total. The minimum atomic E-state index is -0.0820. The Morgan fingerprint density at radius 1 is 1.04 bits per heavy atom. The third kappa shape index (κ3) is 8.58. The van der Waals surface area contributed by atoms with E-state index in [0.29, 0.717) is 5.92 Å². The third-order valence-electron chi connectivity index (χ3n) is 4.20. The fraction of sp³-hybridized carbons (Fsp3) is 0.652. The molecule has 0 atom stereocenters. The van der Waals surface area contributed by atoms with Crippen molar-refractivity contribution in [3.8, 4) is 5.75 Å². The molecule has 25 heavy (non-hydrogen) atoms. The van der Waals surface area contributed by atoms with Gasteiger partial charge in [-0.1, -0.05) is 38.5 Å². The second-order valence-corrected chi connectivity index (χ2v) is 8.78. The van der Waals surface area contributed by atoms with Gasteiger partial charge in [0, 0.05) is 5.56 Å². The van der Waals surface area contributed by atoms with Crippen LogP contribution in [0.25, 0.3) is 6.08 Å². The smallest absolute Gasteiger partial charge is 0.126 e. The standard InChI is InChI=1S/C23H38O2/c1-18(2)19-14-15-21(24-8)20(17-19)13-11-9-10-12-16-23(6,7)25-22(3,4)5/h11,13-15,17-18H,9-10,12,16H2,1-8H3/b13-11+. The first-order valence-electron chi connectivity index (χ1n) is 9.59. The summed E-state index contributed by atoms with van der Waals surface area (Å²) in [6.45, 7) is 15.2. The van der Waals surface area contributed by atoms with E-state index in [9.17, 15) is 0 Å². The highest BCUT2D eigenvalue weighted by Crippen LogP contribution is 2.27. The van der Waals surface area contributed by atoms with Crippen molar-refractivity contribution in [3.05, 3.63) is 35.4 Å². The zero-order valence-electron chi connectivity index (χ0n) is 17.6. The van der Waals surface area contributed by atoms with Crippen LogP contribution in [0.2, 0.25) is 0 Å². The van der Waals surface area contributed by atoms with Crippen LogP contribution >= 0.6 is 0 Å². The first-order chi connectivity index (χ1) is 11.5. The van der Waals surface area contributed by atoms with E-state index in [-0.39, 0.29) is 11.2 Å². The van der Waals surface area contributed by atoms with Gasteiger partial charge in [0.1, 0.15) is 5.75 Å². The summed E-state index contributed by atoms with van der Waals surface area (Å²) < 4.78 is 11.6. The number of benzene rings is 1. The van der Waals surface area contributed by atoms with Crippen LogP contribution in [0.5, 0.6) is 5.75 Å². The van der Waals surface area contributed by atoms with Gasteiger partial charge < -0.3 is 9.47 Å². The average Bonchev–Trinajstić information content (AvgIpc) is 2.47. The molecule has 0 saturated heterocycles. The Bertz CT molecular complexity index is 548. The molecule has 0 fully saturated rings. The van der Waals surface area contributed by atoms with Gasteiger partial charge in [-0.15, -0.1) is 0 Å². The molecule has 1 aromatic carbocycles. The van der Waals surface area contributed by atoms with Gasteiger partial charge in [-0.05, 0) is 77.5 Å². The van der Waals surface area contributed by atoms with Gasteiger partial charge in [0.25, 0.3) is 0 Å². The zero-order valence-corrected chi connectivity index (χ0v) is 17.6. The molecule has 1 rings (SSSR count). The topological polar surface area (TPSA) is 18.5 Å². The molecule has 0 heterocycles. The molecule has 0 saturated carbocycles. The molecule has 0 aromatic heterocycles. The lowest BCUT2D eigenvalue weighted by Gasteiger charge is -2.33. The molecule has 0 unspecified atom stereocenters. The lowest BCUT2D eigenvalue weighted by Crippen LogP contribution is -2.34. The number of ether oxygens (including phenoxy) is 2. The normalized spacial score (nSPS) is 13.0. The van der Waals surface area contributed by atoms with E-state index in [0.717, 1.165) is 18.6 Å². The first-order valence-corrected chi connectivity index (χ1v) is 9.59. The minimum absolute atomic E-state index is 0.0587. The molecule has 0 N–H and O–H groups in total. The van der Waals surface area contributed by atoms with Crippen molar-refractivity contribution >= 4 is 6.08 Å². The highest BCUT2D eigenvalue weighted by atomic mass is 16.5. The largest absolute Gasteiger partial charge is 0.496 e. The number of allylic oxidation sites excluding steroid dienone is 1. The van der Waals surface area contributed by atoms with E-state index in [1.54, 1.807) is 7.11 Å². The summed E-state index contributed by atoms with van der Waals surface area (Å²) in [6, 6.07) is 6.46. The summed E-state index contributed by atoms with van der Waals surface area (Å²) in [5.41, 5.74) is 2.38. The van der Waals surface area contributed by atoms with E-state index >= 15 is 0 Å². The number of methoxy groups -OCH3 is 1. The van der Waals surface area contributed by atoms with Crippen molar-refractivity contribution in [1.29, 1.82) is 0 Å². The summed E-state index contributed by atoms with van der Waals surface area (Å²) in [5, 5.41) is 0. The predicted molar refractivity (Wildman–Crippen MR) is 110 cm³/mol. The molecule has 0 bridgehead atoms. The SMILES string of the molecule is COc1ccc(C(C)C)cc1/C=C/CCCCC(C)(C)OC(C)(C)C. The maximum Gasteiger partial charge on any atom is 0.126 e. The number of unbranched alkanes of at least 4 members (excludes halogenated alkanes) is 2. The highest BCUT2D eigenvalue weighted by molar-refractivity contribution is 5.58. The fourth-order valence-electron chi connectivity index (χ4n) is 3.15. The summed E-state index contributed by atoms with van der Waals surface area (Å²) in [5.74, 6) is 1.48. The van der Waals surface area contributed by atoms with E-state index in [1.807, 2.05) is 0 Å². The van der Waals surface area contributed by atoms with Crippen molar-refractivity contribution in [2.24, 2.45) is 0 Å². The van der Waals surface area contributed by atoms with Crippen LogP contribution < -0.4 is 4.74 Å². The van der Waals surface area contributed by atoms with Crippen molar-refractivity contribution < 1.29 is 9.47 Å². The maximum absolute atomic E-state index is 6.13. The van der Waals surface area contributed by atoms with Gasteiger partial charge in [0.2, 0.25) is 0 Å². The van der Waals surface area contributed by atoms with Gasteiger partial charge in [-0.25, -0.2) is 0 Å². The predicted octanol–water partition coefficient (Wildman–Crippen LogP) is 6.99. The Morgan fingerprint density at radius 3 is 2.28 bits per heavy atom.